The molecule has 0 amide bonds. The van der Waals surface area contributed by atoms with E-state index < -0.39 is 0 Å². The first-order valence-electron chi connectivity index (χ1n) is 4.05. The van der Waals surface area contributed by atoms with Crippen molar-refractivity contribution in [3.63, 3.8) is 0 Å². The maximum absolute atomic E-state index is 8.53. The smallest absolute Gasteiger partial charge is 0.0615 e. The molecule has 0 aromatic carbocycles. The van der Waals surface area contributed by atoms with Crippen LogP contribution in [0.25, 0.3) is 6.08 Å². The standard InChI is InChI=1S/C9H14N2O/c1-8(2)11-7-9(6-10-11)4-3-5-12/h3-4,6-8,12H,5H2,1-2H3/b4-3+. The molecule has 0 saturated heterocycles. The lowest BCUT2D eigenvalue weighted by molar-refractivity contribution is 0.343. The Hall–Kier alpha value is -1.09. The molecule has 1 aromatic heterocycles. The summed E-state index contributed by atoms with van der Waals surface area (Å²) in [6, 6.07) is 0.390. The molecule has 0 atom stereocenters. The van der Waals surface area contributed by atoms with Gasteiger partial charge in [-0.2, -0.15) is 5.10 Å². The Bertz CT molecular complexity index is 263. The van der Waals surface area contributed by atoms with Crippen molar-refractivity contribution in [1.82, 2.24) is 9.78 Å². The first kappa shape index (κ1) is 9.00. The molecular weight excluding hydrogens is 152 g/mol. The minimum atomic E-state index is 0.0762. The molecule has 66 valence electrons. The zero-order valence-corrected chi connectivity index (χ0v) is 7.44. The molecule has 0 aliphatic heterocycles. The molecule has 0 bridgehead atoms. The molecule has 0 spiro atoms. The normalized spacial score (nSPS) is 11.7. The zero-order chi connectivity index (χ0) is 8.97. The van der Waals surface area contributed by atoms with Gasteiger partial charge in [0, 0.05) is 17.8 Å². The Balaban J connectivity index is 2.70. The van der Waals surface area contributed by atoms with E-state index >= 15 is 0 Å². The highest BCUT2D eigenvalue weighted by atomic mass is 16.2. The Morgan fingerprint density at radius 2 is 2.42 bits per heavy atom. The number of hydrogen-bond donors (Lipinski definition) is 1. The third-order valence-corrected chi connectivity index (χ3v) is 1.57. The highest BCUT2D eigenvalue weighted by molar-refractivity contribution is 5.46. The van der Waals surface area contributed by atoms with Gasteiger partial charge in [-0.3, -0.25) is 4.68 Å². The van der Waals surface area contributed by atoms with Gasteiger partial charge < -0.3 is 5.11 Å². The minimum Gasteiger partial charge on any atom is -0.392 e. The van der Waals surface area contributed by atoms with Gasteiger partial charge in [0.1, 0.15) is 0 Å². The van der Waals surface area contributed by atoms with E-state index in [0.29, 0.717) is 6.04 Å². The second kappa shape index (κ2) is 4.07. The van der Waals surface area contributed by atoms with E-state index in [9.17, 15) is 0 Å². The van der Waals surface area contributed by atoms with E-state index in [1.165, 1.54) is 0 Å². The van der Waals surface area contributed by atoms with Crippen LogP contribution < -0.4 is 0 Å². The predicted molar refractivity (Wildman–Crippen MR) is 48.7 cm³/mol. The second-order valence-electron chi connectivity index (χ2n) is 2.93. The van der Waals surface area contributed by atoms with Crippen LogP contribution in [0.4, 0.5) is 0 Å². The second-order valence-corrected chi connectivity index (χ2v) is 2.93. The Morgan fingerprint density at radius 3 is 2.92 bits per heavy atom. The van der Waals surface area contributed by atoms with Gasteiger partial charge in [0.15, 0.2) is 0 Å². The quantitative estimate of drug-likeness (QED) is 0.738. The number of aliphatic hydroxyl groups excluding tert-OH is 1. The van der Waals surface area contributed by atoms with Gasteiger partial charge in [-0.05, 0) is 13.8 Å². The van der Waals surface area contributed by atoms with E-state index in [1.54, 1.807) is 12.3 Å². The molecule has 0 saturated carbocycles. The highest BCUT2D eigenvalue weighted by Gasteiger charge is 1.97. The molecule has 1 rings (SSSR count). The van der Waals surface area contributed by atoms with Gasteiger partial charge in [-0.15, -0.1) is 0 Å². The van der Waals surface area contributed by atoms with Crippen LogP contribution in [-0.4, -0.2) is 21.5 Å². The summed E-state index contributed by atoms with van der Waals surface area (Å²) in [5.74, 6) is 0. The number of rotatable bonds is 3. The number of nitrogens with zero attached hydrogens (tertiary/aromatic N) is 2. The van der Waals surface area contributed by atoms with Crippen LogP contribution in [0.5, 0.6) is 0 Å². The van der Waals surface area contributed by atoms with Gasteiger partial charge in [-0.25, -0.2) is 0 Å². The summed E-state index contributed by atoms with van der Waals surface area (Å²) in [7, 11) is 0. The van der Waals surface area contributed by atoms with Crippen LogP contribution in [-0.2, 0) is 0 Å². The molecule has 1 aromatic rings. The summed E-state index contributed by atoms with van der Waals surface area (Å²) >= 11 is 0. The molecule has 0 unspecified atom stereocenters. The lowest BCUT2D eigenvalue weighted by Crippen LogP contribution is -1.99. The van der Waals surface area contributed by atoms with Crippen molar-refractivity contribution in [3.05, 3.63) is 24.0 Å². The molecular formula is C9H14N2O. The summed E-state index contributed by atoms with van der Waals surface area (Å²) in [6.07, 6.45) is 7.29. The average Bonchev–Trinajstić information content (AvgIpc) is 2.48. The Morgan fingerprint density at radius 1 is 1.67 bits per heavy atom. The molecule has 0 radical (unpaired) electrons. The van der Waals surface area contributed by atoms with Crippen molar-refractivity contribution in [2.45, 2.75) is 19.9 Å². The fourth-order valence-corrected chi connectivity index (χ4v) is 0.910. The van der Waals surface area contributed by atoms with Crippen molar-refractivity contribution in [1.29, 1.82) is 0 Å². The molecule has 0 fully saturated rings. The summed E-state index contributed by atoms with van der Waals surface area (Å²) in [5, 5.41) is 12.7. The van der Waals surface area contributed by atoms with Crippen molar-refractivity contribution < 1.29 is 5.11 Å². The van der Waals surface area contributed by atoms with Gasteiger partial charge in [0.25, 0.3) is 0 Å². The van der Waals surface area contributed by atoms with E-state index in [2.05, 4.69) is 18.9 Å². The van der Waals surface area contributed by atoms with Crippen LogP contribution in [0.2, 0.25) is 0 Å². The Kier molecular flexibility index (Phi) is 3.05. The predicted octanol–water partition coefficient (Wildman–Crippen LogP) is 1.47. The van der Waals surface area contributed by atoms with Crippen LogP contribution in [0.1, 0.15) is 25.5 Å². The lowest BCUT2D eigenvalue weighted by Gasteiger charge is -2.02. The summed E-state index contributed by atoms with van der Waals surface area (Å²) < 4.78 is 1.89. The molecule has 12 heavy (non-hydrogen) atoms. The molecule has 0 aliphatic carbocycles. The largest absolute Gasteiger partial charge is 0.392 e. The molecule has 3 heteroatoms. The van der Waals surface area contributed by atoms with Crippen LogP contribution >= 0.6 is 0 Å². The fourth-order valence-electron chi connectivity index (χ4n) is 0.910. The average molecular weight is 166 g/mol. The van der Waals surface area contributed by atoms with Crippen LogP contribution in [0.15, 0.2) is 18.5 Å². The third kappa shape index (κ3) is 2.20. The summed E-state index contributed by atoms with van der Waals surface area (Å²) in [4.78, 5) is 0. The van der Waals surface area contributed by atoms with E-state index in [4.69, 9.17) is 5.11 Å². The first-order valence-corrected chi connectivity index (χ1v) is 4.05. The van der Waals surface area contributed by atoms with Crippen molar-refractivity contribution >= 4 is 6.08 Å². The molecule has 1 N–H and O–H groups in total. The molecule has 0 aliphatic rings. The van der Waals surface area contributed by atoms with E-state index in [-0.39, 0.29) is 6.61 Å². The number of aliphatic hydroxyl groups is 1. The monoisotopic (exact) mass is 166 g/mol. The van der Waals surface area contributed by atoms with E-state index in [0.717, 1.165) is 5.56 Å². The van der Waals surface area contributed by atoms with Crippen molar-refractivity contribution in [3.8, 4) is 0 Å². The van der Waals surface area contributed by atoms with Gasteiger partial charge in [0.05, 0.1) is 12.8 Å². The maximum Gasteiger partial charge on any atom is 0.0615 e. The summed E-state index contributed by atoms with van der Waals surface area (Å²) in [5.41, 5.74) is 1.03. The zero-order valence-electron chi connectivity index (χ0n) is 7.44. The van der Waals surface area contributed by atoms with Gasteiger partial charge in [-0.1, -0.05) is 12.2 Å². The maximum atomic E-state index is 8.53. The third-order valence-electron chi connectivity index (χ3n) is 1.57. The van der Waals surface area contributed by atoms with Crippen molar-refractivity contribution in [2.75, 3.05) is 6.61 Å². The summed E-state index contributed by atoms with van der Waals surface area (Å²) in [6.45, 7) is 4.23. The highest BCUT2D eigenvalue weighted by Crippen LogP contribution is 2.06. The van der Waals surface area contributed by atoms with Gasteiger partial charge >= 0.3 is 0 Å². The van der Waals surface area contributed by atoms with E-state index in [1.807, 2.05) is 17.0 Å². The SMILES string of the molecule is CC(C)n1cc(/C=C/CO)cn1. The Labute approximate surface area is 72.3 Å². The topological polar surface area (TPSA) is 38.0 Å². The lowest BCUT2D eigenvalue weighted by atomic mass is 10.3. The van der Waals surface area contributed by atoms with Crippen LogP contribution in [0.3, 0.4) is 0 Å². The molecule has 3 nitrogen and oxygen atoms in total. The first-order chi connectivity index (χ1) is 5.74. The van der Waals surface area contributed by atoms with Crippen LogP contribution in [0, 0.1) is 0 Å². The number of hydrogen-bond acceptors (Lipinski definition) is 2. The fraction of sp³-hybridized carbons (Fsp3) is 0.444. The van der Waals surface area contributed by atoms with Crippen molar-refractivity contribution in [2.24, 2.45) is 0 Å². The number of aromatic nitrogens is 2. The molecule has 1 heterocycles. The van der Waals surface area contributed by atoms with Gasteiger partial charge in [0.2, 0.25) is 0 Å². The minimum absolute atomic E-state index is 0.0762.